The molecule has 32 heavy (non-hydrogen) atoms. The molecule has 4 N–H and O–H groups in total. The monoisotopic (exact) mass is 458 g/mol. The van der Waals surface area contributed by atoms with Gasteiger partial charge in [-0.1, -0.05) is 25.7 Å². The van der Waals surface area contributed by atoms with Crippen LogP contribution in [0.2, 0.25) is 0 Å². The minimum Gasteiger partial charge on any atom is -0.444 e. The van der Waals surface area contributed by atoms with Crippen LogP contribution in [0.5, 0.6) is 0 Å². The molecule has 4 atom stereocenters. The zero-order chi connectivity index (χ0) is 24.4. The Morgan fingerprint density at radius 3 is 1.28 bits per heavy atom. The number of carbonyl (C=O) groups excluding carboxylic acids is 2. The number of alkyl carbamates (subject to hydrolysis) is 2. The number of ether oxygens (including phenoxy) is 2. The summed E-state index contributed by atoms with van der Waals surface area (Å²) in [5, 5.41) is 24.1. The molecule has 2 fully saturated rings. The maximum atomic E-state index is 11.6. The lowest BCUT2D eigenvalue weighted by atomic mass is 9.85. The van der Waals surface area contributed by atoms with Crippen LogP contribution >= 0.6 is 0 Å². The van der Waals surface area contributed by atoms with Gasteiger partial charge in [0.1, 0.15) is 11.2 Å². The van der Waals surface area contributed by atoms with Gasteiger partial charge < -0.3 is 30.3 Å². The van der Waals surface area contributed by atoms with E-state index in [-0.39, 0.29) is 49.3 Å². The number of aliphatic hydroxyl groups excluding tert-OH is 2. The SMILES string of the molecule is CC(C)(C)OC(=O)N[C@@H]1CCCC[C@H]1CO.CC(C)(C)OC(=O)N[C@H]1CCCC[C@@H]1CO. The Morgan fingerprint density at radius 1 is 0.688 bits per heavy atom. The van der Waals surface area contributed by atoms with E-state index in [1.165, 1.54) is 0 Å². The van der Waals surface area contributed by atoms with Gasteiger partial charge in [-0.3, -0.25) is 0 Å². The van der Waals surface area contributed by atoms with Crippen molar-refractivity contribution < 1.29 is 29.3 Å². The molecule has 0 unspecified atom stereocenters. The summed E-state index contributed by atoms with van der Waals surface area (Å²) in [4.78, 5) is 23.1. The van der Waals surface area contributed by atoms with Crippen molar-refractivity contribution in [3.05, 3.63) is 0 Å². The van der Waals surface area contributed by atoms with Gasteiger partial charge >= 0.3 is 12.2 Å². The molecule has 2 aliphatic carbocycles. The molecule has 0 aromatic carbocycles. The number of hydrogen-bond donors (Lipinski definition) is 4. The van der Waals surface area contributed by atoms with Gasteiger partial charge in [-0.2, -0.15) is 0 Å². The summed E-state index contributed by atoms with van der Waals surface area (Å²) < 4.78 is 10.4. The first-order chi connectivity index (χ1) is 14.8. The van der Waals surface area contributed by atoms with Crippen molar-refractivity contribution in [3.8, 4) is 0 Å². The van der Waals surface area contributed by atoms with E-state index in [0.29, 0.717) is 0 Å². The average molecular weight is 459 g/mol. The molecule has 8 nitrogen and oxygen atoms in total. The van der Waals surface area contributed by atoms with Crippen LogP contribution in [0.25, 0.3) is 0 Å². The lowest BCUT2D eigenvalue weighted by molar-refractivity contribution is 0.0433. The van der Waals surface area contributed by atoms with E-state index in [1.54, 1.807) is 0 Å². The molecule has 0 heterocycles. The van der Waals surface area contributed by atoms with E-state index in [4.69, 9.17) is 9.47 Å². The van der Waals surface area contributed by atoms with Crippen LogP contribution in [0.3, 0.4) is 0 Å². The average Bonchev–Trinajstić information content (AvgIpc) is 2.66. The summed E-state index contributed by atoms with van der Waals surface area (Å²) in [6.45, 7) is 11.3. The van der Waals surface area contributed by atoms with Crippen molar-refractivity contribution in [2.24, 2.45) is 11.8 Å². The first kappa shape index (κ1) is 28.5. The van der Waals surface area contributed by atoms with Crippen LogP contribution in [-0.4, -0.2) is 58.9 Å². The third-order valence-corrected chi connectivity index (χ3v) is 5.69. The Morgan fingerprint density at radius 2 is 1.00 bits per heavy atom. The minimum atomic E-state index is -0.465. The van der Waals surface area contributed by atoms with Gasteiger partial charge in [0.15, 0.2) is 0 Å². The first-order valence-electron chi connectivity index (χ1n) is 12.1. The van der Waals surface area contributed by atoms with Crippen LogP contribution < -0.4 is 10.6 Å². The fourth-order valence-corrected chi connectivity index (χ4v) is 4.15. The molecule has 0 spiro atoms. The second-order valence-corrected chi connectivity index (χ2v) is 11.0. The highest BCUT2D eigenvalue weighted by Crippen LogP contribution is 2.25. The fourth-order valence-electron chi connectivity index (χ4n) is 4.15. The Kier molecular flexibility index (Phi) is 11.8. The third-order valence-electron chi connectivity index (χ3n) is 5.69. The van der Waals surface area contributed by atoms with Crippen LogP contribution in [0, 0.1) is 11.8 Å². The van der Waals surface area contributed by atoms with E-state index in [2.05, 4.69) is 10.6 Å². The Labute approximate surface area is 193 Å². The molecule has 2 saturated carbocycles. The molecule has 2 aliphatic rings. The second-order valence-electron chi connectivity index (χ2n) is 11.0. The molecule has 2 amide bonds. The van der Waals surface area contributed by atoms with E-state index in [1.807, 2.05) is 41.5 Å². The summed E-state index contributed by atoms with van der Waals surface area (Å²) in [6, 6.07) is 0.127. The normalized spacial score (nSPS) is 26.2. The number of amides is 2. The highest BCUT2D eigenvalue weighted by Gasteiger charge is 2.28. The van der Waals surface area contributed by atoms with Gasteiger partial charge in [0.25, 0.3) is 0 Å². The summed E-state index contributed by atoms with van der Waals surface area (Å²) in [7, 11) is 0. The van der Waals surface area contributed by atoms with Crippen molar-refractivity contribution >= 4 is 12.2 Å². The van der Waals surface area contributed by atoms with Gasteiger partial charge in [-0.05, 0) is 67.2 Å². The van der Waals surface area contributed by atoms with Crippen LogP contribution in [0.1, 0.15) is 92.9 Å². The molecule has 0 aromatic rings. The Hall–Kier alpha value is -1.54. The maximum Gasteiger partial charge on any atom is 0.407 e. The molecule has 2 rings (SSSR count). The zero-order valence-corrected chi connectivity index (χ0v) is 20.9. The van der Waals surface area contributed by atoms with E-state index < -0.39 is 11.2 Å². The number of carbonyl (C=O) groups is 2. The van der Waals surface area contributed by atoms with Crippen molar-refractivity contribution in [2.75, 3.05) is 13.2 Å². The smallest absolute Gasteiger partial charge is 0.407 e. The number of hydrogen-bond acceptors (Lipinski definition) is 6. The largest absolute Gasteiger partial charge is 0.444 e. The standard InChI is InChI=1S/2C12H23NO3/c2*1-12(2,3)16-11(15)13-10-7-5-4-6-9(10)8-14/h2*9-10,14H,4-8H2,1-3H3,(H,13,15)/t2*9-,10+/m10/s1. The molecule has 188 valence electrons. The van der Waals surface area contributed by atoms with Gasteiger partial charge in [-0.25, -0.2) is 9.59 Å². The predicted molar refractivity (Wildman–Crippen MR) is 124 cm³/mol. The van der Waals surface area contributed by atoms with E-state index in [9.17, 15) is 19.8 Å². The summed E-state index contributed by atoms with van der Waals surface area (Å²) in [6.07, 6.45) is 7.57. The van der Waals surface area contributed by atoms with Gasteiger partial charge in [-0.15, -0.1) is 0 Å². The first-order valence-corrected chi connectivity index (χ1v) is 12.1. The van der Waals surface area contributed by atoms with Crippen molar-refractivity contribution in [1.82, 2.24) is 10.6 Å². The molecule has 0 bridgehead atoms. The van der Waals surface area contributed by atoms with E-state index in [0.717, 1.165) is 51.4 Å². The topological polar surface area (TPSA) is 117 Å². The van der Waals surface area contributed by atoms with Crippen molar-refractivity contribution in [1.29, 1.82) is 0 Å². The van der Waals surface area contributed by atoms with Crippen LogP contribution in [-0.2, 0) is 9.47 Å². The molecule has 0 radical (unpaired) electrons. The summed E-state index contributed by atoms with van der Waals surface area (Å²) in [5.74, 6) is 0.363. The molecular formula is C24H46N2O6. The second kappa shape index (κ2) is 13.2. The zero-order valence-electron chi connectivity index (χ0n) is 20.9. The minimum absolute atomic E-state index is 0.0635. The molecular weight excluding hydrogens is 412 g/mol. The molecule has 0 aliphatic heterocycles. The van der Waals surface area contributed by atoms with Crippen LogP contribution in [0.15, 0.2) is 0 Å². The highest BCUT2D eigenvalue weighted by atomic mass is 16.6. The number of nitrogens with one attached hydrogen (secondary N) is 2. The summed E-state index contributed by atoms with van der Waals surface area (Å²) in [5.41, 5.74) is -0.930. The Bertz CT molecular complexity index is 520. The van der Waals surface area contributed by atoms with Gasteiger partial charge in [0, 0.05) is 37.1 Å². The lowest BCUT2D eigenvalue weighted by Crippen LogP contribution is -2.45. The highest BCUT2D eigenvalue weighted by molar-refractivity contribution is 5.68. The summed E-state index contributed by atoms with van der Waals surface area (Å²) >= 11 is 0. The molecule has 0 aromatic heterocycles. The van der Waals surface area contributed by atoms with E-state index >= 15 is 0 Å². The quantitative estimate of drug-likeness (QED) is 0.503. The van der Waals surface area contributed by atoms with Crippen LogP contribution in [0.4, 0.5) is 9.59 Å². The Balaban J connectivity index is 0.000000320. The van der Waals surface area contributed by atoms with Gasteiger partial charge in [0.05, 0.1) is 0 Å². The predicted octanol–water partition coefficient (Wildman–Crippen LogP) is 4.12. The number of rotatable bonds is 4. The van der Waals surface area contributed by atoms with Crippen molar-refractivity contribution in [2.45, 2.75) is 116 Å². The maximum absolute atomic E-state index is 11.6. The lowest BCUT2D eigenvalue weighted by Gasteiger charge is -2.31. The third kappa shape index (κ3) is 11.9. The fraction of sp³-hybridized carbons (Fsp3) is 0.917. The number of aliphatic hydroxyl groups is 2. The van der Waals surface area contributed by atoms with Gasteiger partial charge in [0.2, 0.25) is 0 Å². The molecule has 8 heteroatoms. The van der Waals surface area contributed by atoms with Crippen molar-refractivity contribution in [3.63, 3.8) is 0 Å². The molecule has 0 saturated heterocycles.